The minimum Gasteiger partial charge on any atom is -0.423 e. The third kappa shape index (κ3) is 2.75. The van der Waals surface area contributed by atoms with Gasteiger partial charge in [0.15, 0.2) is 0 Å². The Morgan fingerprint density at radius 2 is 0.935 bits per heavy atom. The van der Waals surface area contributed by atoms with E-state index < -0.39 is 7.12 Å². The Morgan fingerprint density at radius 3 is 1.55 bits per heavy atom. The molecule has 0 unspecified atom stereocenters. The van der Waals surface area contributed by atoms with Crippen LogP contribution >= 0.6 is 0 Å². The highest BCUT2D eigenvalue weighted by Gasteiger charge is 2.22. The molecule has 6 aromatic rings. The predicted molar refractivity (Wildman–Crippen MR) is 132 cm³/mol. The standard InChI is InChI=1S/C28H19BO2/c30-29(31)28-24-11-5-3-9-22(24)27(23-10-4-6-12-25(23)28)20-16-15-19-14-13-18-7-1-2-8-21(18)26(19)17-20/h1-17,30-31H. The summed E-state index contributed by atoms with van der Waals surface area (Å²) < 4.78 is 0. The van der Waals surface area contributed by atoms with Gasteiger partial charge in [0.05, 0.1) is 0 Å². The van der Waals surface area contributed by atoms with Crippen LogP contribution in [0.5, 0.6) is 0 Å². The maximum Gasteiger partial charge on any atom is 0.489 e. The summed E-state index contributed by atoms with van der Waals surface area (Å²) in [6.07, 6.45) is 0. The van der Waals surface area contributed by atoms with Crippen molar-refractivity contribution < 1.29 is 10.0 Å². The Labute approximate surface area is 180 Å². The molecule has 0 aromatic heterocycles. The molecule has 6 rings (SSSR count). The summed E-state index contributed by atoms with van der Waals surface area (Å²) in [7, 11) is -1.54. The minimum absolute atomic E-state index is 0.557. The SMILES string of the molecule is OB(O)c1c2ccccc2c(-c2ccc3ccc4ccccc4c3c2)c2ccccc12. The van der Waals surface area contributed by atoms with Crippen molar-refractivity contribution in [1.82, 2.24) is 0 Å². The van der Waals surface area contributed by atoms with Crippen LogP contribution in [0, 0.1) is 0 Å². The number of fused-ring (bicyclic) bond motifs is 5. The van der Waals surface area contributed by atoms with E-state index in [0.717, 1.165) is 32.7 Å². The molecular weight excluding hydrogens is 379 g/mol. The largest absolute Gasteiger partial charge is 0.489 e. The van der Waals surface area contributed by atoms with Gasteiger partial charge in [0.1, 0.15) is 0 Å². The van der Waals surface area contributed by atoms with Crippen molar-refractivity contribution in [2.45, 2.75) is 0 Å². The van der Waals surface area contributed by atoms with Crippen LogP contribution in [0.15, 0.2) is 103 Å². The van der Waals surface area contributed by atoms with Crippen molar-refractivity contribution in [1.29, 1.82) is 0 Å². The van der Waals surface area contributed by atoms with Gasteiger partial charge in [0.25, 0.3) is 0 Å². The molecule has 0 atom stereocenters. The summed E-state index contributed by atoms with van der Waals surface area (Å²) in [6, 6.07) is 35.4. The normalized spacial score (nSPS) is 11.5. The molecule has 2 N–H and O–H groups in total. The summed E-state index contributed by atoms with van der Waals surface area (Å²) in [5.41, 5.74) is 2.79. The van der Waals surface area contributed by atoms with Crippen LogP contribution in [-0.2, 0) is 0 Å². The summed E-state index contributed by atoms with van der Waals surface area (Å²) in [5, 5.41) is 29.0. The lowest BCUT2D eigenvalue weighted by Gasteiger charge is -2.17. The Kier molecular flexibility index (Phi) is 4.07. The van der Waals surface area contributed by atoms with Crippen LogP contribution in [0.25, 0.3) is 54.2 Å². The lowest BCUT2D eigenvalue weighted by molar-refractivity contribution is 0.426. The fourth-order valence-corrected chi connectivity index (χ4v) is 4.91. The van der Waals surface area contributed by atoms with Gasteiger partial charge in [-0.1, -0.05) is 97.1 Å². The Balaban J connectivity index is 1.78. The molecule has 146 valence electrons. The van der Waals surface area contributed by atoms with Crippen LogP contribution < -0.4 is 5.46 Å². The van der Waals surface area contributed by atoms with Crippen molar-refractivity contribution >= 4 is 55.7 Å². The monoisotopic (exact) mass is 398 g/mol. The fourth-order valence-electron chi connectivity index (χ4n) is 4.91. The average molecular weight is 398 g/mol. The molecule has 31 heavy (non-hydrogen) atoms. The molecule has 0 aliphatic heterocycles. The van der Waals surface area contributed by atoms with Crippen molar-refractivity contribution in [3.63, 3.8) is 0 Å². The first-order valence-electron chi connectivity index (χ1n) is 10.4. The second-order valence-corrected chi connectivity index (χ2v) is 7.98. The number of rotatable bonds is 2. The van der Waals surface area contributed by atoms with Gasteiger partial charge in [-0.25, -0.2) is 0 Å². The van der Waals surface area contributed by atoms with Crippen LogP contribution in [0.4, 0.5) is 0 Å². The van der Waals surface area contributed by atoms with Crippen LogP contribution in [0.2, 0.25) is 0 Å². The minimum atomic E-state index is -1.54. The topological polar surface area (TPSA) is 40.5 Å². The second kappa shape index (κ2) is 6.95. The molecule has 0 aliphatic carbocycles. The van der Waals surface area contributed by atoms with Crippen molar-refractivity contribution in [3.05, 3.63) is 103 Å². The highest BCUT2D eigenvalue weighted by molar-refractivity contribution is 6.66. The van der Waals surface area contributed by atoms with Crippen molar-refractivity contribution in [2.75, 3.05) is 0 Å². The molecule has 6 aromatic carbocycles. The smallest absolute Gasteiger partial charge is 0.423 e. The van der Waals surface area contributed by atoms with E-state index in [-0.39, 0.29) is 0 Å². The number of benzene rings is 6. The van der Waals surface area contributed by atoms with Crippen molar-refractivity contribution in [2.24, 2.45) is 0 Å². The zero-order valence-corrected chi connectivity index (χ0v) is 16.8. The maximum absolute atomic E-state index is 10.2. The Hall–Kier alpha value is -3.66. The number of hydrogen-bond acceptors (Lipinski definition) is 2. The average Bonchev–Trinajstić information content (AvgIpc) is 2.81. The molecule has 0 saturated carbocycles. The van der Waals surface area contributed by atoms with E-state index in [1.807, 2.05) is 36.4 Å². The summed E-state index contributed by atoms with van der Waals surface area (Å²) >= 11 is 0. The van der Waals surface area contributed by atoms with Gasteiger partial charge >= 0.3 is 7.12 Å². The molecule has 0 amide bonds. The van der Waals surface area contributed by atoms with Gasteiger partial charge in [0.2, 0.25) is 0 Å². The van der Waals surface area contributed by atoms with Gasteiger partial charge in [0, 0.05) is 0 Å². The highest BCUT2D eigenvalue weighted by atomic mass is 16.4. The second-order valence-electron chi connectivity index (χ2n) is 7.98. The lowest BCUT2D eigenvalue weighted by Crippen LogP contribution is -2.31. The molecule has 0 radical (unpaired) electrons. The third-order valence-corrected chi connectivity index (χ3v) is 6.27. The number of hydrogen-bond donors (Lipinski definition) is 2. The first-order chi connectivity index (χ1) is 15.2. The molecule has 3 heteroatoms. The van der Waals surface area contributed by atoms with Crippen LogP contribution in [0.1, 0.15) is 0 Å². The summed E-state index contributed by atoms with van der Waals surface area (Å²) in [6.45, 7) is 0. The first kappa shape index (κ1) is 18.1. The zero-order chi connectivity index (χ0) is 20.9. The van der Waals surface area contributed by atoms with Gasteiger partial charge in [-0.3, -0.25) is 0 Å². The molecule has 0 saturated heterocycles. The molecular formula is C28H19BO2. The highest BCUT2D eigenvalue weighted by Crippen LogP contribution is 2.38. The molecule has 2 nitrogen and oxygen atoms in total. The molecule has 0 fully saturated rings. The van der Waals surface area contributed by atoms with E-state index in [0.29, 0.717) is 5.46 Å². The van der Waals surface area contributed by atoms with E-state index in [1.54, 1.807) is 0 Å². The van der Waals surface area contributed by atoms with E-state index in [1.165, 1.54) is 21.5 Å². The maximum atomic E-state index is 10.2. The van der Waals surface area contributed by atoms with Gasteiger partial charge in [-0.15, -0.1) is 0 Å². The Morgan fingerprint density at radius 1 is 0.452 bits per heavy atom. The van der Waals surface area contributed by atoms with Gasteiger partial charge < -0.3 is 10.0 Å². The van der Waals surface area contributed by atoms with Gasteiger partial charge in [-0.2, -0.15) is 0 Å². The molecule has 0 bridgehead atoms. The molecule has 0 heterocycles. The van der Waals surface area contributed by atoms with Crippen LogP contribution in [-0.4, -0.2) is 17.2 Å². The summed E-state index contributed by atoms with van der Waals surface area (Å²) in [5.74, 6) is 0. The van der Waals surface area contributed by atoms with E-state index in [9.17, 15) is 10.0 Å². The molecule has 0 spiro atoms. The summed E-state index contributed by atoms with van der Waals surface area (Å²) in [4.78, 5) is 0. The Bertz CT molecular complexity index is 1560. The quantitative estimate of drug-likeness (QED) is 0.225. The van der Waals surface area contributed by atoms with Crippen LogP contribution in [0.3, 0.4) is 0 Å². The lowest BCUT2D eigenvalue weighted by atomic mass is 9.72. The van der Waals surface area contributed by atoms with Crippen molar-refractivity contribution in [3.8, 4) is 11.1 Å². The molecule has 0 aliphatic rings. The van der Waals surface area contributed by atoms with E-state index in [2.05, 4.69) is 66.7 Å². The third-order valence-electron chi connectivity index (χ3n) is 6.27. The fraction of sp³-hybridized carbons (Fsp3) is 0. The first-order valence-corrected chi connectivity index (χ1v) is 10.4. The van der Waals surface area contributed by atoms with E-state index in [4.69, 9.17) is 0 Å². The van der Waals surface area contributed by atoms with E-state index >= 15 is 0 Å². The predicted octanol–water partition coefficient (Wildman–Crippen LogP) is 5.65. The van der Waals surface area contributed by atoms with Gasteiger partial charge in [-0.05, 0) is 65.7 Å². The zero-order valence-electron chi connectivity index (χ0n) is 16.8.